The van der Waals surface area contributed by atoms with E-state index in [1.165, 1.54) is 35.7 Å². The number of fused-ring (bicyclic) bond motifs is 1. The fourth-order valence-corrected chi connectivity index (χ4v) is 3.53. The van der Waals surface area contributed by atoms with Crippen molar-refractivity contribution in [2.45, 2.75) is 13.0 Å². The molecule has 0 aliphatic rings. The quantitative estimate of drug-likeness (QED) is 0.778. The summed E-state index contributed by atoms with van der Waals surface area (Å²) < 4.78 is 27.6. The lowest BCUT2D eigenvalue weighted by Gasteiger charge is -2.16. The van der Waals surface area contributed by atoms with Crippen molar-refractivity contribution in [1.82, 2.24) is 10.3 Å². The molecule has 0 bridgehead atoms. The van der Waals surface area contributed by atoms with Crippen LogP contribution in [0.5, 0.6) is 0 Å². The summed E-state index contributed by atoms with van der Waals surface area (Å²) in [6, 6.07) is 8.08. The highest BCUT2D eigenvalue weighted by atomic mass is 32.1. The molecule has 2 heterocycles. The van der Waals surface area contributed by atoms with Gasteiger partial charge in [0.1, 0.15) is 11.6 Å². The van der Waals surface area contributed by atoms with Crippen LogP contribution in [0.2, 0.25) is 0 Å². The first-order valence-electron chi connectivity index (χ1n) is 6.70. The lowest BCUT2D eigenvalue weighted by atomic mass is 10.1. The standard InChI is InChI=1S/C16H14F2N2S/c1-2-20-16(11-5-13(18)9-19-8-11)15-6-10-3-4-12(17)7-14(10)21-15/h3-9,16,20H,2H2,1H3. The molecule has 2 aromatic heterocycles. The third-order valence-electron chi connectivity index (χ3n) is 3.25. The van der Waals surface area contributed by atoms with Crippen molar-refractivity contribution in [3.63, 3.8) is 0 Å². The minimum atomic E-state index is -0.359. The highest BCUT2D eigenvalue weighted by Crippen LogP contribution is 2.33. The van der Waals surface area contributed by atoms with E-state index in [0.29, 0.717) is 0 Å². The van der Waals surface area contributed by atoms with Crippen LogP contribution in [0.3, 0.4) is 0 Å². The fraction of sp³-hybridized carbons (Fsp3) is 0.188. The Morgan fingerprint density at radius 1 is 1.14 bits per heavy atom. The van der Waals surface area contributed by atoms with Gasteiger partial charge in [-0.25, -0.2) is 8.78 Å². The van der Waals surface area contributed by atoms with Gasteiger partial charge >= 0.3 is 0 Å². The Bertz CT molecular complexity index is 770. The maximum absolute atomic E-state index is 13.4. The van der Waals surface area contributed by atoms with Crippen molar-refractivity contribution >= 4 is 21.4 Å². The summed E-state index contributed by atoms with van der Waals surface area (Å²) in [5.41, 5.74) is 0.767. The number of rotatable bonds is 4. The molecule has 0 saturated heterocycles. The van der Waals surface area contributed by atoms with Crippen molar-refractivity contribution in [1.29, 1.82) is 0 Å². The van der Waals surface area contributed by atoms with Crippen LogP contribution in [-0.4, -0.2) is 11.5 Å². The molecule has 1 N–H and O–H groups in total. The van der Waals surface area contributed by atoms with Crippen LogP contribution in [0.4, 0.5) is 8.78 Å². The Morgan fingerprint density at radius 2 is 2.00 bits per heavy atom. The third-order valence-corrected chi connectivity index (χ3v) is 4.42. The van der Waals surface area contributed by atoms with Gasteiger partial charge in [-0.15, -0.1) is 11.3 Å². The van der Waals surface area contributed by atoms with Crippen molar-refractivity contribution in [2.75, 3.05) is 6.54 Å². The van der Waals surface area contributed by atoms with Crippen LogP contribution in [-0.2, 0) is 0 Å². The monoisotopic (exact) mass is 304 g/mol. The van der Waals surface area contributed by atoms with E-state index in [1.54, 1.807) is 12.3 Å². The van der Waals surface area contributed by atoms with E-state index in [0.717, 1.165) is 27.1 Å². The zero-order valence-corrected chi connectivity index (χ0v) is 12.3. The Morgan fingerprint density at radius 3 is 2.76 bits per heavy atom. The van der Waals surface area contributed by atoms with Crippen LogP contribution >= 0.6 is 11.3 Å². The molecule has 0 spiro atoms. The van der Waals surface area contributed by atoms with Crippen molar-refractivity contribution < 1.29 is 8.78 Å². The van der Waals surface area contributed by atoms with Gasteiger partial charge in [0, 0.05) is 15.8 Å². The van der Waals surface area contributed by atoms with Crippen LogP contribution in [0.1, 0.15) is 23.4 Å². The average Bonchev–Trinajstić information content (AvgIpc) is 2.87. The smallest absolute Gasteiger partial charge is 0.141 e. The first-order chi connectivity index (χ1) is 10.2. The molecule has 1 aromatic carbocycles. The molecule has 3 aromatic rings. The van der Waals surface area contributed by atoms with Gasteiger partial charge in [0.15, 0.2) is 0 Å². The fourth-order valence-electron chi connectivity index (χ4n) is 2.34. The summed E-state index contributed by atoms with van der Waals surface area (Å²) >= 11 is 1.51. The molecule has 0 aliphatic carbocycles. The van der Waals surface area contributed by atoms with E-state index in [-0.39, 0.29) is 17.7 Å². The van der Waals surface area contributed by atoms with E-state index in [2.05, 4.69) is 10.3 Å². The SMILES string of the molecule is CCNC(c1cncc(F)c1)c1cc2ccc(F)cc2s1. The molecule has 5 heteroatoms. The molecular formula is C16H14F2N2S. The van der Waals surface area contributed by atoms with E-state index in [1.807, 2.05) is 13.0 Å². The average molecular weight is 304 g/mol. The number of nitrogens with one attached hydrogen (secondary N) is 1. The number of nitrogens with zero attached hydrogens (tertiary/aromatic N) is 1. The van der Waals surface area contributed by atoms with Gasteiger partial charge in [0.05, 0.1) is 12.2 Å². The maximum Gasteiger partial charge on any atom is 0.141 e. The Labute approximate surface area is 125 Å². The second kappa shape index (κ2) is 5.87. The number of pyridine rings is 1. The van der Waals surface area contributed by atoms with E-state index >= 15 is 0 Å². The molecule has 0 amide bonds. The largest absolute Gasteiger partial charge is 0.306 e. The molecule has 21 heavy (non-hydrogen) atoms. The van der Waals surface area contributed by atoms with Gasteiger partial charge in [-0.3, -0.25) is 4.98 Å². The van der Waals surface area contributed by atoms with Gasteiger partial charge < -0.3 is 5.32 Å². The number of hydrogen-bond acceptors (Lipinski definition) is 3. The molecule has 1 unspecified atom stereocenters. The second-order valence-corrected chi connectivity index (χ2v) is 5.87. The summed E-state index contributed by atoms with van der Waals surface area (Å²) in [7, 11) is 0. The first-order valence-corrected chi connectivity index (χ1v) is 7.52. The molecule has 3 rings (SSSR count). The van der Waals surface area contributed by atoms with Crippen LogP contribution in [0.15, 0.2) is 42.7 Å². The molecule has 2 nitrogen and oxygen atoms in total. The maximum atomic E-state index is 13.4. The van der Waals surface area contributed by atoms with Crippen molar-refractivity contribution in [3.8, 4) is 0 Å². The predicted octanol–water partition coefficient (Wildman–Crippen LogP) is 4.27. The summed E-state index contributed by atoms with van der Waals surface area (Å²) in [5.74, 6) is -0.606. The Hall–Kier alpha value is -1.85. The molecule has 1 atom stereocenters. The van der Waals surface area contributed by atoms with Crippen molar-refractivity contribution in [2.24, 2.45) is 0 Å². The number of halogens is 2. The van der Waals surface area contributed by atoms with Gasteiger partial charge in [-0.05, 0) is 41.8 Å². The Balaban J connectivity index is 2.06. The number of thiophene rings is 1. The summed E-state index contributed by atoms with van der Waals surface area (Å²) in [4.78, 5) is 4.93. The molecule has 0 fully saturated rings. The van der Waals surface area contributed by atoms with Crippen molar-refractivity contribution in [3.05, 3.63) is 64.8 Å². The van der Waals surface area contributed by atoms with E-state index in [9.17, 15) is 8.78 Å². The molecule has 0 aliphatic heterocycles. The van der Waals surface area contributed by atoms with Gasteiger partial charge in [0.25, 0.3) is 0 Å². The zero-order valence-electron chi connectivity index (χ0n) is 11.4. The minimum Gasteiger partial charge on any atom is -0.306 e. The summed E-state index contributed by atoms with van der Waals surface area (Å²) in [6.45, 7) is 2.73. The van der Waals surface area contributed by atoms with Gasteiger partial charge in [-0.2, -0.15) is 0 Å². The Kier molecular flexibility index (Phi) is 3.94. The van der Waals surface area contributed by atoms with Crippen LogP contribution in [0, 0.1) is 11.6 Å². The summed E-state index contributed by atoms with van der Waals surface area (Å²) in [6.07, 6.45) is 2.84. The lowest BCUT2D eigenvalue weighted by Crippen LogP contribution is -2.21. The zero-order chi connectivity index (χ0) is 14.8. The number of hydrogen-bond donors (Lipinski definition) is 1. The van der Waals surface area contributed by atoms with Gasteiger partial charge in [0.2, 0.25) is 0 Å². The molecular weight excluding hydrogens is 290 g/mol. The van der Waals surface area contributed by atoms with Crippen LogP contribution in [0.25, 0.3) is 10.1 Å². The third kappa shape index (κ3) is 2.94. The second-order valence-electron chi connectivity index (χ2n) is 4.76. The molecule has 0 saturated carbocycles. The minimum absolute atomic E-state index is 0.140. The van der Waals surface area contributed by atoms with E-state index in [4.69, 9.17) is 0 Å². The molecule has 0 radical (unpaired) electrons. The predicted molar refractivity (Wildman–Crippen MR) is 81.5 cm³/mol. The number of aromatic nitrogens is 1. The van der Waals surface area contributed by atoms with Gasteiger partial charge in [-0.1, -0.05) is 13.0 Å². The normalized spacial score (nSPS) is 12.7. The summed E-state index contributed by atoms with van der Waals surface area (Å²) in [5, 5.41) is 4.32. The highest BCUT2D eigenvalue weighted by Gasteiger charge is 2.17. The highest BCUT2D eigenvalue weighted by molar-refractivity contribution is 7.19. The molecule has 108 valence electrons. The number of benzene rings is 1. The first kappa shape index (κ1) is 14.1. The lowest BCUT2D eigenvalue weighted by molar-refractivity contribution is 0.599. The van der Waals surface area contributed by atoms with Crippen LogP contribution < -0.4 is 5.32 Å². The van der Waals surface area contributed by atoms with E-state index < -0.39 is 0 Å². The topological polar surface area (TPSA) is 24.9 Å².